The second-order valence-corrected chi connectivity index (χ2v) is 7.23. The van der Waals surface area contributed by atoms with Gasteiger partial charge in [0.1, 0.15) is 16.5 Å². The predicted molar refractivity (Wildman–Crippen MR) is 110 cm³/mol. The first-order chi connectivity index (χ1) is 14.1. The van der Waals surface area contributed by atoms with Gasteiger partial charge in [-0.15, -0.1) is 0 Å². The lowest BCUT2D eigenvalue weighted by atomic mass is 10.1. The van der Waals surface area contributed by atoms with Crippen molar-refractivity contribution in [3.8, 4) is 17.4 Å². The lowest BCUT2D eigenvalue weighted by Gasteiger charge is -2.10. The van der Waals surface area contributed by atoms with Gasteiger partial charge in [0.2, 0.25) is 0 Å². The van der Waals surface area contributed by atoms with Crippen LogP contribution >= 0.6 is 34.8 Å². The highest BCUT2D eigenvalue weighted by molar-refractivity contribution is 6.34. The van der Waals surface area contributed by atoms with E-state index in [-0.39, 0.29) is 10.9 Å². The third-order valence-corrected chi connectivity index (χ3v) is 4.62. The van der Waals surface area contributed by atoms with Crippen LogP contribution in [0.2, 0.25) is 15.1 Å². The first-order valence-electron chi connectivity index (χ1n) is 8.31. The third kappa shape index (κ3) is 5.56. The van der Waals surface area contributed by atoms with Gasteiger partial charge in [0.15, 0.2) is 0 Å². The zero-order chi connectivity index (χ0) is 21.9. The van der Waals surface area contributed by atoms with Crippen LogP contribution < -0.4 is 9.57 Å². The molecule has 0 amide bonds. The van der Waals surface area contributed by atoms with Crippen molar-refractivity contribution in [2.45, 2.75) is 13.1 Å². The number of alkyl halides is 3. The Morgan fingerprint density at radius 3 is 2.20 bits per heavy atom. The number of halogens is 6. The molecule has 1 aromatic heterocycles. The number of aromatic nitrogens is 1. The van der Waals surface area contributed by atoms with E-state index in [1.807, 2.05) is 0 Å². The van der Waals surface area contributed by atoms with E-state index < -0.39 is 11.7 Å². The molecular weight excluding hydrogens is 464 g/mol. The maximum absolute atomic E-state index is 12.7. The van der Waals surface area contributed by atoms with Gasteiger partial charge in [-0.2, -0.15) is 13.2 Å². The molecule has 0 saturated carbocycles. The Kier molecular flexibility index (Phi) is 6.75. The summed E-state index contributed by atoms with van der Waals surface area (Å²) in [6.07, 6.45) is -3.94. The van der Waals surface area contributed by atoms with Crippen molar-refractivity contribution < 1.29 is 22.7 Å². The van der Waals surface area contributed by atoms with Crippen LogP contribution in [0.1, 0.15) is 18.1 Å². The third-order valence-electron chi connectivity index (χ3n) is 3.78. The number of oxime groups is 1. The molecule has 4 nitrogen and oxygen atoms in total. The smallest absolute Gasteiger partial charge is 0.417 e. The summed E-state index contributed by atoms with van der Waals surface area (Å²) < 4.78 is 43.7. The molecule has 0 atom stereocenters. The second kappa shape index (κ2) is 9.12. The summed E-state index contributed by atoms with van der Waals surface area (Å²) in [6.45, 7) is 1.61. The molecule has 0 aliphatic heterocycles. The molecule has 2 aromatic carbocycles. The van der Waals surface area contributed by atoms with E-state index in [9.17, 15) is 13.2 Å². The second-order valence-electron chi connectivity index (χ2n) is 5.97. The van der Waals surface area contributed by atoms with Crippen LogP contribution in [-0.2, 0) is 6.18 Å². The molecule has 0 aliphatic rings. The Morgan fingerprint density at radius 2 is 1.60 bits per heavy atom. The average molecular weight is 476 g/mol. The summed E-state index contributed by atoms with van der Waals surface area (Å²) in [7, 11) is 0. The molecule has 1 heterocycles. The number of hydrogen-bond acceptors (Lipinski definition) is 4. The highest BCUT2D eigenvalue weighted by atomic mass is 35.5. The number of benzene rings is 2. The quantitative estimate of drug-likeness (QED) is 0.281. The molecule has 0 N–H and O–H groups in total. The summed E-state index contributed by atoms with van der Waals surface area (Å²) in [5.74, 6) is 0.815. The summed E-state index contributed by atoms with van der Waals surface area (Å²) in [5.41, 5.74) is -0.0983. The van der Waals surface area contributed by atoms with Crippen molar-refractivity contribution >= 4 is 40.5 Å². The van der Waals surface area contributed by atoms with Crippen molar-refractivity contribution in [3.63, 3.8) is 0 Å². The van der Waals surface area contributed by atoms with Crippen molar-refractivity contribution in [1.82, 2.24) is 4.98 Å². The van der Waals surface area contributed by atoms with Crippen molar-refractivity contribution in [1.29, 1.82) is 0 Å². The maximum Gasteiger partial charge on any atom is 0.417 e. The number of hydrogen-bond donors (Lipinski definition) is 0. The van der Waals surface area contributed by atoms with Gasteiger partial charge in [-0.3, -0.25) is 0 Å². The van der Waals surface area contributed by atoms with Crippen LogP contribution in [0.15, 0.2) is 59.9 Å². The van der Waals surface area contributed by atoms with Crippen LogP contribution in [-0.4, -0.2) is 10.7 Å². The molecule has 0 spiro atoms. The molecule has 0 unspecified atom stereocenters. The SMILES string of the molecule is C/C(=N\Oc1ncc(C(F)(F)F)cc1Cl)c1ccc(Oc2ccc(Cl)cc2)cc1Cl. The van der Waals surface area contributed by atoms with E-state index >= 15 is 0 Å². The molecule has 3 rings (SSSR count). The molecule has 3 aromatic rings. The number of rotatable bonds is 5. The van der Waals surface area contributed by atoms with E-state index in [4.69, 9.17) is 44.4 Å². The van der Waals surface area contributed by atoms with Gasteiger partial charge >= 0.3 is 6.18 Å². The van der Waals surface area contributed by atoms with E-state index in [1.54, 1.807) is 49.4 Å². The summed E-state index contributed by atoms with van der Waals surface area (Å²) in [5, 5.41) is 4.45. The van der Waals surface area contributed by atoms with Gasteiger partial charge in [-0.1, -0.05) is 40.0 Å². The molecule has 0 aliphatic carbocycles. The van der Waals surface area contributed by atoms with Crippen molar-refractivity contribution in [2.75, 3.05) is 0 Å². The van der Waals surface area contributed by atoms with Gasteiger partial charge < -0.3 is 9.57 Å². The Morgan fingerprint density at radius 1 is 0.933 bits per heavy atom. The number of ether oxygens (including phenoxy) is 1. The molecule has 0 radical (unpaired) electrons. The number of nitrogens with zero attached hydrogens (tertiary/aromatic N) is 2. The van der Waals surface area contributed by atoms with Crippen LogP contribution in [0.4, 0.5) is 13.2 Å². The first kappa shape index (κ1) is 22.2. The van der Waals surface area contributed by atoms with Gasteiger partial charge in [-0.05, 0) is 49.4 Å². The zero-order valence-electron chi connectivity index (χ0n) is 15.2. The van der Waals surface area contributed by atoms with Crippen molar-refractivity contribution in [3.05, 3.63) is 80.9 Å². The summed E-state index contributed by atoms with van der Waals surface area (Å²) in [4.78, 5) is 8.64. The van der Waals surface area contributed by atoms with E-state index in [1.165, 1.54) is 0 Å². The molecule has 156 valence electrons. The Labute approximate surface area is 184 Å². The highest BCUT2D eigenvalue weighted by Crippen LogP contribution is 2.33. The van der Waals surface area contributed by atoms with E-state index in [0.29, 0.717) is 45.1 Å². The predicted octanol–water partition coefficient (Wildman–Crippen LogP) is 7.66. The molecule has 10 heteroatoms. The minimum Gasteiger partial charge on any atom is -0.457 e. The number of pyridine rings is 1. The normalized spacial score (nSPS) is 12.0. The standard InChI is InChI=1S/C20H12Cl3F3N2O2/c1-11(28-30-19-18(23)8-12(10-27-19)20(24,25)26)16-7-6-15(9-17(16)22)29-14-4-2-13(21)3-5-14/h2-10H,1H3/b28-11+. The van der Waals surface area contributed by atoms with Crippen LogP contribution in [0, 0.1) is 0 Å². The molecule has 0 saturated heterocycles. The largest absolute Gasteiger partial charge is 0.457 e. The van der Waals surface area contributed by atoms with Crippen LogP contribution in [0.5, 0.6) is 17.4 Å². The fraction of sp³-hybridized carbons (Fsp3) is 0.100. The lowest BCUT2D eigenvalue weighted by molar-refractivity contribution is -0.137. The molecule has 0 bridgehead atoms. The summed E-state index contributed by atoms with van der Waals surface area (Å²) in [6, 6.07) is 12.5. The average Bonchev–Trinajstić information content (AvgIpc) is 2.68. The Hall–Kier alpha value is -2.48. The lowest BCUT2D eigenvalue weighted by Crippen LogP contribution is -2.06. The Bertz CT molecular complexity index is 1090. The zero-order valence-corrected chi connectivity index (χ0v) is 17.4. The minimum atomic E-state index is -4.56. The van der Waals surface area contributed by atoms with Crippen LogP contribution in [0.25, 0.3) is 0 Å². The summed E-state index contributed by atoms with van der Waals surface area (Å²) >= 11 is 17.9. The van der Waals surface area contributed by atoms with Gasteiger partial charge in [0.25, 0.3) is 5.88 Å². The van der Waals surface area contributed by atoms with Gasteiger partial charge in [-0.25, -0.2) is 4.98 Å². The van der Waals surface area contributed by atoms with E-state index in [2.05, 4.69) is 10.1 Å². The fourth-order valence-electron chi connectivity index (χ4n) is 2.30. The monoisotopic (exact) mass is 474 g/mol. The fourth-order valence-corrected chi connectivity index (χ4v) is 2.93. The van der Waals surface area contributed by atoms with Crippen molar-refractivity contribution in [2.24, 2.45) is 5.16 Å². The maximum atomic E-state index is 12.7. The highest BCUT2D eigenvalue weighted by Gasteiger charge is 2.31. The molecular formula is C20H12Cl3F3N2O2. The first-order valence-corrected chi connectivity index (χ1v) is 9.44. The molecule has 30 heavy (non-hydrogen) atoms. The molecule has 0 fully saturated rings. The Balaban J connectivity index is 1.74. The van der Waals surface area contributed by atoms with E-state index in [0.717, 1.165) is 0 Å². The topological polar surface area (TPSA) is 43.7 Å². The minimum absolute atomic E-state index is 0.261. The van der Waals surface area contributed by atoms with Gasteiger partial charge in [0.05, 0.1) is 16.3 Å². The van der Waals surface area contributed by atoms with Gasteiger partial charge in [0, 0.05) is 22.8 Å². The van der Waals surface area contributed by atoms with Crippen LogP contribution in [0.3, 0.4) is 0 Å².